The Morgan fingerprint density at radius 1 is 0.618 bits per heavy atom. The number of halogens is 3. The van der Waals surface area contributed by atoms with E-state index >= 15 is 0 Å². The predicted molar refractivity (Wildman–Crippen MR) is 188 cm³/mol. The number of hydrogen-bond donors (Lipinski definition) is 0. The van der Waals surface area contributed by atoms with Gasteiger partial charge in [0, 0.05) is 27.7 Å². The van der Waals surface area contributed by atoms with Gasteiger partial charge in [-0.3, -0.25) is 19.2 Å². The van der Waals surface area contributed by atoms with Gasteiger partial charge in [-0.15, -0.1) is 0 Å². The third-order valence-electron chi connectivity index (χ3n) is 7.96. The number of carbonyl (C=O) groups is 6. The first kappa shape index (κ1) is 43.7. The molecule has 0 aromatic heterocycles. The summed E-state index contributed by atoms with van der Waals surface area (Å²) >= 11 is 17.5. The third kappa shape index (κ3) is 12.5. The van der Waals surface area contributed by atoms with Crippen molar-refractivity contribution in [2.45, 2.75) is 106 Å². The Morgan fingerprint density at radius 2 is 1.16 bits per heavy atom. The van der Waals surface area contributed by atoms with Gasteiger partial charge >= 0.3 is 35.8 Å². The smallest absolute Gasteiger partial charge is 0.360 e. The first-order valence-corrected chi connectivity index (χ1v) is 17.9. The molecule has 2 aromatic carbocycles. The Hall–Kier alpha value is -4.03. The van der Waals surface area contributed by atoms with Crippen molar-refractivity contribution in [3.63, 3.8) is 0 Å². The molecule has 19 heteroatoms. The average molecular weight is 834 g/mol. The Kier molecular flexibility index (Phi) is 15.7. The van der Waals surface area contributed by atoms with Crippen LogP contribution in [0.5, 0.6) is 0 Å². The minimum Gasteiger partial charge on any atom is -0.463 e. The van der Waals surface area contributed by atoms with Crippen LogP contribution in [0.3, 0.4) is 0 Å². The summed E-state index contributed by atoms with van der Waals surface area (Å²) in [5.41, 5.74) is 0.781. The number of alkyl halides is 3. The molecule has 4 rings (SSSR count). The SMILES string of the molecule is CC(=O)OC[C@H]1O[C@@H](O[C@@H]2[C@@H](OCc3ccccc3)[C@H](C)OC(OC(=O)C(Cl)(Cl)Cl)[C@@H]2OC(=O)c2ccccc2)[C@H](OC(C)=O)[C@@H](OC(C)=O)[C@@H]1OC(C)=O. The monoisotopic (exact) mass is 832 g/mol. The van der Waals surface area contributed by atoms with Crippen LogP contribution in [0.2, 0.25) is 0 Å². The molecule has 2 saturated heterocycles. The maximum Gasteiger partial charge on any atom is 0.360 e. The molecule has 300 valence electrons. The van der Waals surface area contributed by atoms with Crippen LogP contribution in [-0.4, -0.2) is 108 Å². The molecule has 0 amide bonds. The molecule has 0 bridgehead atoms. The molecule has 0 saturated carbocycles. The van der Waals surface area contributed by atoms with Crippen LogP contribution in [0.15, 0.2) is 60.7 Å². The summed E-state index contributed by atoms with van der Waals surface area (Å²) in [6.45, 7) is 5.21. The van der Waals surface area contributed by atoms with Gasteiger partial charge < -0.3 is 47.4 Å². The van der Waals surface area contributed by atoms with Gasteiger partial charge in [-0.25, -0.2) is 9.59 Å². The normalized spacial score (nSPS) is 27.9. The molecule has 2 aromatic rings. The van der Waals surface area contributed by atoms with Gasteiger partial charge in [0.15, 0.2) is 30.7 Å². The van der Waals surface area contributed by atoms with Crippen molar-refractivity contribution in [1.82, 2.24) is 0 Å². The summed E-state index contributed by atoms with van der Waals surface area (Å²) in [5.74, 6) is -5.71. The molecular weight excluding hydrogens is 795 g/mol. The van der Waals surface area contributed by atoms with Crippen LogP contribution in [0, 0.1) is 0 Å². The largest absolute Gasteiger partial charge is 0.463 e. The van der Waals surface area contributed by atoms with Crippen molar-refractivity contribution >= 4 is 70.6 Å². The number of hydrogen-bond acceptors (Lipinski definition) is 16. The van der Waals surface area contributed by atoms with E-state index in [1.807, 2.05) is 0 Å². The van der Waals surface area contributed by atoms with Gasteiger partial charge in [0.05, 0.1) is 18.3 Å². The summed E-state index contributed by atoms with van der Waals surface area (Å²) in [5, 5.41) is 0. The summed E-state index contributed by atoms with van der Waals surface area (Å²) in [6.07, 6.45) is -15.4. The maximum absolute atomic E-state index is 13.6. The first-order chi connectivity index (χ1) is 25.9. The highest BCUT2D eigenvalue weighted by atomic mass is 35.6. The molecule has 16 nitrogen and oxygen atoms in total. The fourth-order valence-electron chi connectivity index (χ4n) is 5.74. The van der Waals surface area contributed by atoms with Crippen LogP contribution >= 0.6 is 34.8 Å². The highest BCUT2D eigenvalue weighted by Crippen LogP contribution is 2.37. The lowest BCUT2D eigenvalue weighted by atomic mass is 9.96. The van der Waals surface area contributed by atoms with Crippen LogP contribution in [0.25, 0.3) is 0 Å². The lowest BCUT2D eigenvalue weighted by molar-refractivity contribution is -0.358. The number of esters is 6. The molecule has 0 aliphatic carbocycles. The topological polar surface area (TPSA) is 195 Å². The molecule has 2 heterocycles. The zero-order valence-electron chi connectivity index (χ0n) is 30.1. The molecule has 0 spiro atoms. The molecular formula is C36H39Cl3O16. The molecule has 10 atom stereocenters. The van der Waals surface area contributed by atoms with Gasteiger partial charge in [0.1, 0.15) is 24.9 Å². The number of rotatable bonds is 13. The van der Waals surface area contributed by atoms with Crippen LogP contribution in [0.4, 0.5) is 0 Å². The average Bonchev–Trinajstić information content (AvgIpc) is 3.10. The van der Waals surface area contributed by atoms with E-state index in [9.17, 15) is 28.8 Å². The lowest BCUT2D eigenvalue weighted by Crippen LogP contribution is -2.66. The fourth-order valence-corrected chi connectivity index (χ4v) is 5.87. The van der Waals surface area contributed by atoms with Gasteiger partial charge in [-0.1, -0.05) is 83.3 Å². The van der Waals surface area contributed by atoms with E-state index in [0.717, 1.165) is 27.7 Å². The van der Waals surface area contributed by atoms with E-state index in [-0.39, 0.29) is 12.2 Å². The van der Waals surface area contributed by atoms with Crippen LogP contribution in [-0.2, 0) is 77.9 Å². The number of benzene rings is 2. The highest BCUT2D eigenvalue weighted by Gasteiger charge is 2.57. The van der Waals surface area contributed by atoms with E-state index in [4.69, 9.17) is 82.2 Å². The maximum atomic E-state index is 13.6. The third-order valence-corrected chi connectivity index (χ3v) is 8.42. The number of ether oxygens (including phenoxy) is 10. The molecule has 2 aliphatic heterocycles. The van der Waals surface area contributed by atoms with E-state index in [1.54, 1.807) is 48.5 Å². The highest BCUT2D eigenvalue weighted by molar-refractivity contribution is 6.75. The number of carbonyl (C=O) groups excluding carboxylic acids is 6. The molecule has 1 unspecified atom stereocenters. The Morgan fingerprint density at radius 3 is 1.73 bits per heavy atom. The van der Waals surface area contributed by atoms with Crippen LogP contribution in [0.1, 0.15) is 50.5 Å². The first-order valence-electron chi connectivity index (χ1n) is 16.7. The Labute approximate surface area is 330 Å². The van der Waals surface area contributed by atoms with Crippen molar-refractivity contribution in [2.24, 2.45) is 0 Å². The Bertz CT molecular complexity index is 1660. The van der Waals surface area contributed by atoms with E-state index in [0.29, 0.717) is 5.56 Å². The van der Waals surface area contributed by atoms with E-state index in [2.05, 4.69) is 0 Å². The summed E-state index contributed by atoms with van der Waals surface area (Å²) < 4.78 is 55.5. The van der Waals surface area contributed by atoms with Gasteiger partial charge in [0.25, 0.3) is 3.79 Å². The van der Waals surface area contributed by atoms with Gasteiger partial charge in [-0.2, -0.15) is 0 Å². The molecule has 55 heavy (non-hydrogen) atoms. The van der Waals surface area contributed by atoms with Crippen molar-refractivity contribution in [3.05, 3.63) is 71.8 Å². The summed E-state index contributed by atoms with van der Waals surface area (Å²) in [6, 6.07) is 16.6. The Balaban J connectivity index is 1.86. The summed E-state index contributed by atoms with van der Waals surface area (Å²) in [4.78, 5) is 75.7. The molecule has 0 radical (unpaired) electrons. The van der Waals surface area contributed by atoms with Crippen LogP contribution < -0.4 is 0 Å². The minimum atomic E-state index is -2.60. The predicted octanol–water partition coefficient (Wildman–Crippen LogP) is 3.92. The van der Waals surface area contributed by atoms with Gasteiger partial charge in [0.2, 0.25) is 6.29 Å². The zero-order chi connectivity index (χ0) is 40.4. The molecule has 2 aliphatic rings. The second kappa shape index (κ2) is 19.7. The summed E-state index contributed by atoms with van der Waals surface area (Å²) in [7, 11) is 0. The van der Waals surface area contributed by atoms with E-state index < -0.39 is 108 Å². The van der Waals surface area contributed by atoms with Crippen molar-refractivity contribution in [3.8, 4) is 0 Å². The fraction of sp³-hybridized carbons (Fsp3) is 0.500. The molecule has 2 fully saturated rings. The standard InChI is InChI=1S/C36H39Cl3O16/c1-18-26(47-16-23-12-8-6-9-13-23)28(31(33(48-18)55-35(45)36(37,38)39)53-32(44)24-14-10-7-11-15-24)54-34-30(51-22(5)43)29(50-21(4)42)27(49-20(3)41)25(52-34)17-46-19(2)40/h6-15,18,25-31,33-34H,16-17H2,1-5H3/t18-,25+,26-,27+,28+,29-,30+,31+,33?,34-/m0/s1. The van der Waals surface area contributed by atoms with Gasteiger partial charge in [-0.05, 0) is 24.6 Å². The van der Waals surface area contributed by atoms with Crippen molar-refractivity contribution < 1.29 is 76.1 Å². The minimum absolute atomic E-state index is 0.0460. The van der Waals surface area contributed by atoms with Crippen molar-refractivity contribution in [2.75, 3.05) is 6.61 Å². The second-order valence-electron chi connectivity index (χ2n) is 12.3. The van der Waals surface area contributed by atoms with Crippen molar-refractivity contribution in [1.29, 1.82) is 0 Å². The zero-order valence-corrected chi connectivity index (χ0v) is 32.4. The molecule has 0 N–H and O–H groups in total. The van der Waals surface area contributed by atoms with E-state index in [1.165, 1.54) is 19.1 Å². The second-order valence-corrected chi connectivity index (χ2v) is 14.6. The lowest BCUT2D eigenvalue weighted by Gasteiger charge is -2.48. The quantitative estimate of drug-likeness (QED) is 0.160.